The first kappa shape index (κ1) is 18.4. The SMILES string of the molecule is Cc1cccc(NC(=S)N(C)[C@@H](C)c2ccc(S(N)(=O)=O)cc2)c1. The molecule has 0 saturated carbocycles. The van der Waals surface area contributed by atoms with Crippen LogP contribution in [0.2, 0.25) is 0 Å². The van der Waals surface area contributed by atoms with Gasteiger partial charge in [-0.25, -0.2) is 13.6 Å². The van der Waals surface area contributed by atoms with Crippen LogP contribution in [-0.2, 0) is 10.0 Å². The minimum Gasteiger partial charge on any atom is -0.345 e. The van der Waals surface area contributed by atoms with E-state index < -0.39 is 10.0 Å². The third kappa shape index (κ3) is 4.53. The van der Waals surface area contributed by atoms with Gasteiger partial charge in [0, 0.05) is 12.7 Å². The van der Waals surface area contributed by atoms with E-state index >= 15 is 0 Å². The molecule has 2 aromatic carbocycles. The first-order chi connectivity index (χ1) is 11.2. The topological polar surface area (TPSA) is 75.4 Å². The molecule has 0 spiro atoms. The molecule has 5 nitrogen and oxygen atoms in total. The lowest BCUT2D eigenvalue weighted by Crippen LogP contribution is -2.33. The van der Waals surface area contributed by atoms with Crippen molar-refractivity contribution >= 4 is 33.0 Å². The van der Waals surface area contributed by atoms with Crippen LogP contribution >= 0.6 is 12.2 Å². The highest BCUT2D eigenvalue weighted by atomic mass is 32.2. The first-order valence-electron chi connectivity index (χ1n) is 7.42. The molecule has 2 rings (SSSR count). The zero-order chi connectivity index (χ0) is 17.9. The van der Waals surface area contributed by atoms with Gasteiger partial charge in [-0.1, -0.05) is 24.3 Å². The molecule has 0 radical (unpaired) electrons. The molecule has 3 N–H and O–H groups in total. The Balaban J connectivity index is 2.10. The summed E-state index contributed by atoms with van der Waals surface area (Å²) in [5.41, 5.74) is 3.03. The summed E-state index contributed by atoms with van der Waals surface area (Å²) in [5, 5.41) is 8.92. The molecule has 24 heavy (non-hydrogen) atoms. The van der Waals surface area contributed by atoms with Gasteiger partial charge in [0.25, 0.3) is 0 Å². The number of nitrogens with one attached hydrogen (secondary N) is 1. The smallest absolute Gasteiger partial charge is 0.238 e. The summed E-state index contributed by atoms with van der Waals surface area (Å²) in [7, 11) is -1.79. The van der Waals surface area contributed by atoms with E-state index in [9.17, 15) is 8.42 Å². The highest BCUT2D eigenvalue weighted by Crippen LogP contribution is 2.21. The van der Waals surface area contributed by atoms with Gasteiger partial charge in [0.05, 0.1) is 10.9 Å². The van der Waals surface area contributed by atoms with Gasteiger partial charge < -0.3 is 10.2 Å². The molecular weight excluding hydrogens is 342 g/mol. The van der Waals surface area contributed by atoms with Crippen LogP contribution in [0, 0.1) is 6.92 Å². The van der Waals surface area contributed by atoms with Gasteiger partial charge >= 0.3 is 0 Å². The number of nitrogens with zero attached hydrogens (tertiary/aromatic N) is 1. The van der Waals surface area contributed by atoms with Crippen LogP contribution < -0.4 is 10.5 Å². The van der Waals surface area contributed by atoms with Crippen molar-refractivity contribution < 1.29 is 8.42 Å². The van der Waals surface area contributed by atoms with Crippen LogP contribution in [0.5, 0.6) is 0 Å². The number of anilines is 1. The summed E-state index contributed by atoms with van der Waals surface area (Å²) in [4.78, 5) is 2.02. The van der Waals surface area contributed by atoms with E-state index in [1.165, 1.54) is 12.1 Å². The summed E-state index contributed by atoms with van der Waals surface area (Å²) in [6.45, 7) is 4.02. The third-order valence-electron chi connectivity index (χ3n) is 3.86. The fourth-order valence-electron chi connectivity index (χ4n) is 2.27. The minimum absolute atomic E-state index is 0.0238. The number of hydrogen-bond donors (Lipinski definition) is 2. The molecule has 0 aromatic heterocycles. The van der Waals surface area contributed by atoms with Gasteiger partial charge in [0.1, 0.15) is 0 Å². The fourth-order valence-corrected chi connectivity index (χ4v) is 3.06. The summed E-state index contributed by atoms with van der Waals surface area (Å²) in [5.74, 6) is 0. The average Bonchev–Trinajstić information content (AvgIpc) is 2.52. The molecule has 0 aliphatic heterocycles. The predicted octanol–water partition coefficient (Wildman–Crippen LogP) is 3.03. The van der Waals surface area contributed by atoms with E-state index in [0.717, 1.165) is 16.8 Å². The van der Waals surface area contributed by atoms with Crippen LogP contribution in [0.25, 0.3) is 0 Å². The van der Waals surface area contributed by atoms with Crippen LogP contribution in [0.3, 0.4) is 0 Å². The van der Waals surface area contributed by atoms with E-state index in [4.69, 9.17) is 17.4 Å². The van der Waals surface area contributed by atoms with Crippen molar-refractivity contribution in [2.24, 2.45) is 5.14 Å². The maximum atomic E-state index is 11.3. The Bertz CT molecular complexity index is 833. The number of sulfonamides is 1. The Morgan fingerprint density at radius 3 is 2.38 bits per heavy atom. The van der Waals surface area contributed by atoms with Gasteiger partial charge in [-0.15, -0.1) is 0 Å². The molecule has 0 unspecified atom stereocenters. The second-order valence-electron chi connectivity index (χ2n) is 5.70. The Morgan fingerprint density at radius 2 is 1.83 bits per heavy atom. The summed E-state index contributed by atoms with van der Waals surface area (Å²) >= 11 is 5.46. The Hall–Kier alpha value is -1.96. The number of rotatable bonds is 4. The lowest BCUT2D eigenvalue weighted by Gasteiger charge is -2.28. The minimum atomic E-state index is -3.68. The molecule has 0 fully saturated rings. The van der Waals surface area contributed by atoms with Gasteiger partial charge in [0.15, 0.2) is 5.11 Å². The lowest BCUT2D eigenvalue weighted by molar-refractivity contribution is 0.408. The Kier molecular flexibility index (Phi) is 5.58. The van der Waals surface area contributed by atoms with Crippen LogP contribution in [0.4, 0.5) is 5.69 Å². The first-order valence-corrected chi connectivity index (χ1v) is 9.37. The van der Waals surface area contributed by atoms with Crippen LogP contribution in [0.15, 0.2) is 53.4 Å². The zero-order valence-electron chi connectivity index (χ0n) is 13.9. The number of hydrogen-bond acceptors (Lipinski definition) is 3. The van der Waals surface area contributed by atoms with Crippen LogP contribution in [0.1, 0.15) is 24.1 Å². The normalized spacial score (nSPS) is 12.5. The van der Waals surface area contributed by atoms with Crippen molar-refractivity contribution in [3.8, 4) is 0 Å². The van der Waals surface area contributed by atoms with Gasteiger partial charge in [-0.3, -0.25) is 0 Å². The van der Waals surface area contributed by atoms with Gasteiger partial charge in [0.2, 0.25) is 10.0 Å². The van der Waals surface area contributed by atoms with Gasteiger partial charge in [-0.2, -0.15) is 0 Å². The van der Waals surface area contributed by atoms with Gasteiger partial charge in [-0.05, 0) is 61.5 Å². The largest absolute Gasteiger partial charge is 0.345 e. The molecule has 128 valence electrons. The molecule has 0 aliphatic rings. The maximum absolute atomic E-state index is 11.3. The van der Waals surface area contributed by atoms with Crippen LogP contribution in [-0.4, -0.2) is 25.5 Å². The summed E-state index contributed by atoms with van der Waals surface area (Å²) in [6, 6.07) is 14.4. The van der Waals surface area contributed by atoms with Crippen molar-refractivity contribution in [3.63, 3.8) is 0 Å². The van der Waals surface area contributed by atoms with E-state index in [1.807, 2.05) is 50.1 Å². The standard InChI is InChI=1S/C17H21N3O2S2/c1-12-5-4-6-15(11-12)19-17(23)20(3)13(2)14-7-9-16(10-8-14)24(18,21)22/h4-11,13H,1-3H3,(H,19,23)(H2,18,21,22)/t13-/m0/s1. The summed E-state index contributed by atoms with van der Waals surface area (Å²) in [6.07, 6.45) is 0. The molecule has 2 aromatic rings. The van der Waals surface area contributed by atoms with Crippen molar-refractivity contribution in [1.29, 1.82) is 0 Å². The molecule has 1 atom stereocenters. The van der Waals surface area contributed by atoms with E-state index in [1.54, 1.807) is 12.1 Å². The van der Waals surface area contributed by atoms with E-state index in [2.05, 4.69) is 5.32 Å². The number of benzene rings is 2. The third-order valence-corrected chi connectivity index (χ3v) is 5.18. The van der Waals surface area contributed by atoms with Crippen molar-refractivity contribution in [3.05, 3.63) is 59.7 Å². The predicted molar refractivity (Wildman–Crippen MR) is 101 cm³/mol. The number of nitrogens with two attached hydrogens (primary N) is 1. The highest BCUT2D eigenvalue weighted by Gasteiger charge is 2.16. The second kappa shape index (κ2) is 7.29. The lowest BCUT2D eigenvalue weighted by atomic mass is 10.1. The Labute approximate surface area is 148 Å². The highest BCUT2D eigenvalue weighted by molar-refractivity contribution is 7.89. The molecular formula is C17H21N3O2S2. The summed E-state index contributed by atoms with van der Waals surface area (Å²) < 4.78 is 22.6. The van der Waals surface area contributed by atoms with Crippen molar-refractivity contribution in [1.82, 2.24) is 4.90 Å². The number of thiocarbonyl (C=S) groups is 1. The van der Waals surface area contributed by atoms with E-state index in [0.29, 0.717) is 5.11 Å². The maximum Gasteiger partial charge on any atom is 0.238 e. The zero-order valence-corrected chi connectivity index (χ0v) is 15.5. The number of primary sulfonamides is 1. The van der Waals surface area contributed by atoms with Crippen molar-refractivity contribution in [2.75, 3.05) is 12.4 Å². The second-order valence-corrected chi connectivity index (χ2v) is 7.65. The van der Waals surface area contributed by atoms with Crippen molar-refractivity contribution in [2.45, 2.75) is 24.8 Å². The Morgan fingerprint density at radius 1 is 1.21 bits per heavy atom. The quantitative estimate of drug-likeness (QED) is 0.817. The molecule has 0 amide bonds. The molecule has 0 saturated heterocycles. The monoisotopic (exact) mass is 363 g/mol. The average molecular weight is 364 g/mol. The molecule has 7 heteroatoms. The molecule has 0 bridgehead atoms. The molecule has 0 aliphatic carbocycles. The fraction of sp³-hybridized carbons (Fsp3) is 0.235. The van der Waals surface area contributed by atoms with E-state index in [-0.39, 0.29) is 10.9 Å². The number of aryl methyl sites for hydroxylation is 1. The molecule has 0 heterocycles.